The lowest BCUT2D eigenvalue weighted by Gasteiger charge is -2.30. The molecule has 170 valence electrons. The summed E-state index contributed by atoms with van der Waals surface area (Å²) >= 11 is 0. The number of nitrogens with zero attached hydrogens (tertiary/aromatic N) is 5. The number of piperazine rings is 1. The number of rotatable bonds is 5. The van der Waals surface area contributed by atoms with Gasteiger partial charge in [0, 0.05) is 55.6 Å². The standard InChI is InChI=1S/C26H31N7/c1-2-18-11-16(1)12-21(18)30-23-13-19(5-6-29-23)25-31-22-15-28-14-20(17-3-4-17)24(22)26(32-25)33-9-7-27-8-10-33/h5-6,13-18,21,27H,1-4,7-12H2,(H,29,30). The average Bonchev–Trinajstić information content (AvgIpc) is 3.51. The van der Waals surface area contributed by atoms with Gasteiger partial charge < -0.3 is 15.5 Å². The number of pyridine rings is 2. The lowest BCUT2D eigenvalue weighted by atomic mass is 9.95. The third kappa shape index (κ3) is 3.62. The first-order chi connectivity index (χ1) is 16.3. The van der Waals surface area contributed by atoms with Gasteiger partial charge in [0.1, 0.15) is 11.6 Å². The minimum atomic E-state index is 0.561. The van der Waals surface area contributed by atoms with Crippen molar-refractivity contribution in [3.8, 4) is 11.4 Å². The zero-order chi connectivity index (χ0) is 21.8. The Morgan fingerprint density at radius 1 is 1.00 bits per heavy atom. The Kier molecular flexibility index (Phi) is 4.71. The quantitative estimate of drug-likeness (QED) is 0.620. The van der Waals surface area contributed by atoms with E-state index >= 15 is 0 Å². The average molecular weight is 442 g/mol. The van der Waals surface area contributed by atoms with Gasteiger partial charge in [-0.3, -0.25) is 4.98 Å². The Labute approximate surface area is 194 Å². The molecule has 1 saturated heterocycles. The molecule has 2 bridgehead atoms. The molecule has 7 rings (SSSR count). The molecule has 33 heavy (non-hydrogen) atoms. The van der Waals surface area contributed by atoms with E-state index in [1.54, 1.807) is 0 Å². The van der Waals surface area contributed by atoms with Gasteiger partial charge in [0.05, 0.1) is 11.7 Å². The summed E-state index contributed by atoms with van der Waals surface area (Å²) in [4.78, 5) is 21.8. The van der Waals surface area contributed by atoms with E-state index in [-0.39, 0.29) is 0 Å². The molecule has 3 saturated carbocycles. The molecule has 4 aliphatic rings. The molecule has 0 spiro atoms. The van der Waals surface area contributed by atoms with Crippen molar-refractivity contribution in [2.75, 3.05) is 36.4 Å². The fourth-order valence-corrected chi connectivity index (χ4v) is 6.29. The molecule has 1 aliphatic heterocycles. The molecule has 4 fully saturated rings. The van der Waals surface area contributed by atoms with Crippen LogP contribution in [0.5, 0.6) is 0 Å². The van der Waals surface area contributed by atoms with Crippen LogP contribution in [-0.2, 0) is 0 Å². The van der Waals surface area contributed by atoms with E-state index in [0.29, 0.717) is 12.0 Å². The smallest absolute Gasteiger partial charge is 0.162 e. The molecular formula is C26H31N7. The van der Waals surface area contributed by atoms with Crippen molar-refractivity contribution in [2.45, 2.75) is 50.5 Å². The third-order valence-corrected chi connectivity index (χ3v) is 8.14. The highest BCUT2D eigenvalue weighted by Gasteiger charge is 2.39. The Hall–Kier alpha value is -2.80. The van der Waals surface area contributed by atoms with E-state index in [1.807, 2.05) is 24.7 Å². The maximum absolute atomic E-state index is 5.18. The summed E-state index contributed by atoms with van der Waals surface area (Å²) in [5, 5.41) is 8.40. The lowest BCUT2D eigenvalue weighted by Crippen LogP contribution is -2.44. The van der Waals surface area contributed by atoms with Crippen LogP contribution in [0.25, 0.3) is 22.3 Å². The molecule has 3 aliphatic carbocycles. The molecule has 4 heterocycles. The topological polar surface area (TPSA) is 78.9 Å². The zero-order valence-electron chi connectivity index (χ0n) is 19.0. The number of hydrogen-bond acceptors (Lipinski definition) is 7. The summed E-state index contributed by atoms with van der Waals surface area (Å²) in [6.45, 7) is 3.89. The lowest BCUT2D eigenvalue weighted by molar-refractivity contribution is 0.439. The van der Waals surface area contributed by atoms with Crippen LogP contribution in [0.4, 0.5) is 11.6 Å². The van der Waals surface area contributed by atoms with E-state index in [1.165, 1.54) is 49.5 Å². The van der Waals surface area contributed by atoms with E-state index in [9.17, 15) is 0 Å². The maximum Gasteiger partial charge on any atom is 0.162 e. The zero-order valence-corrected chi connectivity index (χ0v) is 19.0. The SMILES string of the molecule is c1cc(-c2nc(N3CCNCC3)c3c(C4CC4)cncc3n2)cc(NC2CC3CCC2C3)n1. The largest absolute Gasteiger partial charge is 0.367 e. The number of nitrogens with one attached hydrogen (secondary N) is 2. The van der Waals surface area contributed by atoms with Crippen LogP contribution in [0, 0.1) is 11.8 Å². The molecule has 2 N–H and O–H groups in total. The van der Waals surface area contributed by atoms with Gasteiger partial charge in [-0.15, -0.1) is 0 Å². The summed E-state index contributed by atoms with van der Waals surface area (Å²) in [5.41, 5.74) is 3.30. The second-order valence-electron chi connectivity index (χ2n) is 10.4. The first-order valence-corrected chi connectivity index (χ1v) is 12.7. The number of fused-ring (bicyclic) bond motifs is 3. The van der Waals surface area contributed by atoms with Crippen LogP contribution in [0.2, 0.25) is 0 Å². The van der Waals surface area contributed by atoms with Gasteiger partial charge >= 0.3 is 0 Å². The second kappa shape index (κ2) is 7.90. The predicted molar refractivity (Wildman–Crippen MR) is 130 cm³/mol. The van der Waals surface area contributed by atoms with E-state index in [2.05, 4.69) is 31.6 Å². The maximum atomic E-state index is 5.18. The molecule has 0 radical (unpaired) electrons. The second-order valence-corrected chi connectivity index (χ2v) is 10.4. The van der Waals surface area contributed by atoms with Gasteiger partial charge in [-0.25, -0.2) is 15.0 Å². The molecular weight excluding hydrogens is 410 g/mol. The third-order valence-electron chi connectivity index (χ3n) is 8.14. The first kappa shape index (κ1) is 19.6. The summed E-state index contributed by atoms with van der Waals surface area (Å²) in [5.74, 6) is 5.11. The van der Waals surface area contributed by atoms with Crippen LogP contribution in [0.3, 0.4) is 0 Å². The Morgan fingerprint density at radius 3 is 2.70 bits per heavy atom. The monoisotopic (exact) mass is 441 g/mol. The van der Waals surface area contributed by atoms with Gasteiger partial charge in [0.25, 0.3) is 0 Å². The van der Waals surface area contributed by atoms with Crippen molar-refractivity contribution in [1.29, 1.82) is 0 Å². The molecule has 3 aromatic rings. The van der Waals surface area contributed by atoms with Gasteiger partial charge in [-0.2, -0.15) is 0 Å². The predicted octanol–water partition coefficient (Wildman–Crippen LogP) is 3.97. The fourth-order valence-electron chi connectivity index (χ4n) is 6.29. The Bertz CT molecular complexity index is 1180. The first-order valence-electron chi connectivity index (χ1n) is 12.7. The van der Waals surface area contributed by atoms with Gasteiger partial charge in [-0.1, -0.05) is 6.42 Å². The van der Waals surface area contributed by atoms with Crippen molar-refractivity contribution in [1.82, 2.24) is 25.3 Å². The van der Waals surface area contributed by atoms with Crippen LogP contribution in [0.1, 0.15) is 50.0 Å². The molecule has 3 aromatic heterocycles. The molecule has 0 aromatic carbocycles. The Balaban J connectivity index is 1.28. The number of aromatic nitrogens is 4. The van der Waals surface area contributed by atoms with Crippen molar-refractivity contribution >= 4 is 22.5 Å². The van der Waals surface area contributed by atoms with E-state index in [4.69, 9.17) is 9.97 Å². The van der Waals surface area contributed by atoms with Crippen molar-refractivity contribution in [3.05, 3.63) is 36.3 Å². The Morgan fingerprint density at radius 2 is 1.91 bits per heavy atom. The fraction of sp³-hybridized carbons (Fsp3) is 0.538. The van der Waals surface area contributed by atoms with E-state index < -0.39 is 0 Å². The summed E-state index contributed by atoms with van der Waals surface area (Å²) in [7, 11) is 0. The van der Waals surface area contributed by atoms with Crippen molar-refractivity contribution in [2.24, 2.45) is 11.8 Å². The number of hydrogen-bond donors (Lipinski definition) is 2. The van der Waals surface area contributed by atoms with Crippen LogP contribution >= 0.6 is 0 Å². The van der Waals surface area contributed by atoms with Gasteiger partial charge in [0.15, 0.2) is 5.82 Å². The summed E-state index contributed by atoms with van der Waals surface area (Å²) < 4.78 is 0. The number of anilines is 2. The molecule has 7 heteroatoms. The minimum Gasteiger partial charge on any atom is -0.367 e. The van der Waals surface area contributed by atoms with E-state index in [0.717, 1.165) is 66.6 Å². The molecule has 0 amide bonds. The molecule has 7 nitrogen and oxygen atoms in total. The highest BCUT2D eigenvalue weighted by molar-refractivity contribution is 5.94. The normalized spacial score (nSPS) is 26.8. The van der Waals surface area contributed by atoms with Crippen LogP contribution < -0.4 is 15.5 Å². The van der Waals surface area contributed by atoms with Crippen molar-refractivity contribution < 1.29 is 0 Å². The molecule has 3 atom stereocenters. The van der Waals surface area contributed by atoms with Crippen molar-refractivity contribution in [3.63, 3.8) is 0 Å². The minimum absolute atomic E-state index is 0.561. The highest BCUT2D eigenvalue weighted by atomic mass is 15.2. The van der Waals surface area contributed by atoms with Gasteiger partial charge in [0.2, 0.25) is 0 Å². The highest BCUT2D eigenvalue weighted by Crippen LogP contribution is 2.46. The summed E-state index contributed by atoms with van der Waals surface area (Å²) in [6.07, 6.45) is 13.8. The molecule has 3 unspecified atom stereocenters. The van der Waals surface area contributed by atoms with Crippen LogP contribution in [-0.4, -0.2) is 52.2 Å². The summed E-state index contributed by atoms with van der Waals surface area (Å²) in [6, 6.07) is 4.73. The van der Waals surface area contributed by atoms with Gasteiger partial charge in [-0.05, 0) is 67.6 Å². The van der Waals surface area contributed by atoms with Crippen LogP contribution in [0.15, 0.2) is 30.7 Å².